The van der Waals surface area contributed by atoms with Crippen molar-refractivity contribution in [2.75, 3.05) is 19.7 Å². The first kappa shape index (κ1) is 15.3. The highest BCUT2D eigenvalue weighted by molar-refractivity contribution is 4.87. The molecule has 0 amide bonds. The Kier molecular flexibility index (Phi) is 6.62. The van der Waals surface area contributed by atoms with Gasteiger partial charge >= 0.3 is 0 Å². The van der Waals surface area contributed by atoms with Crippen LogP contribution in [0.4, 0.5) is 0 Å². The monoisotopic (exact) mass is 268 g/mol. The molecule has 0 aromatic heterocycles. The van der Waals surface area contributed by atoms with E-state index in [4.69, 9.17) is 0 Å². The van der Waals surface area contributed by atoms with Crippen molar-refractivity contribution in [3.05, 3.63) is 0 Å². The van der Waals surface area contributed by atoms with E-state index in [1.54, 1.807) is 0 Å². The smallest absolute Gasteiger partial charge is 0.0558 e. The highest BCUT2D eigenvalue weighted by Gasteiger charge is 2.30. The number of nitrogens with zero attached hydrogens (tertiary/aromatic N) is 1. The number of nitrogens with one attached hydrogen (secondary N) is 1. The van der Waals surface area contributed by atoms with Crippen molar-refractivity contribution in [2.45, 2.75) is 82.8 Å². The Bertz CT molecular complexity index is 233. The maximum absolute atomic E-state index is 9.38. The fourth-order valence-corrected chi connectivity index (χ4v) is 4.09. The largest absolute Gasteiger partial charge is 0.395 e. The van der Waals surface area contributed by atoms with Crippen LogP contribution in [0.1, 0.15) is 64.7 Å². The van der Waals surface area contributed by atoms with Crippen LogP contribution in [-0.2, 0) is 0 Å². The van der Waals surface area contributed by atoms with Gasteiger partial charge in [-0.05, 0) is 45.1 Å². The lowest BCUT2D eigenvalue weighted by Gasteiger charge is -2.42. The summed E-state index contributed by atoms with van der Waals surface area (Å²) in [6, 6.07) is 2.22. The summed E-state index contributed by atoms with van der Waals surface area (Å²) in [6.45, 7) is 4.51. The Hall–Kier alpha value is -0.120. The molecule has 0 atom stereocenters. The number of aliphatic hydroxyl groups excluding tert-OH is 1. The van der Waals surface area contributed by atoms with Crippen molar-refractivity contribution in [1.82, 2.24) is 10.2 Å². The van der Waals surface area contributed by atoms with Crippen LogP contribution in [0.3, 0.4) is 0 Å². The fourth-order valence-electron chi connectivity index (χ4n) is 4.09. The van der Waals surface area contributed by atoms with Crippen molar-refractivity contribution < 1.29 is 5.11 Å². The van der Waals surface area contributed by atoms with Crippen LogP contribution < -0.4 is 5.32 Å². The minimum Gasteiger partial charge on any atom is -0.395 e. The lowest BCUT2D eigenvalue weighted by atomic mass is 9.86. The van der Waals surface area contributed by atoms with Gasteiger partial charge < -0.3 is 10.4 Å². The molecule has 0 heterocycles. The molecule has 0 radical (unpaired) electrons. The molecule has 0 spiro atoms. The summed E-state index contributed by atoms with van der Waals surface area (Å²) >= 11 is 0. The third kappa shape index (κ3) is 4.44. The second kappa shape index (κ2) is 8.23. The van der Waals surface area contributed by atoms with Crippen molar-refractivity contribution in [3.63, 3.8) is 0 Å². The molecule has 112 valence electrons. The van der Waals surface area contributed by atoms with E-state index in [0.29, 0.717) is 6.61 Å². The molecule has 19 heavy (non-hydrogen) atoms. The van der Waals surface area contributed by atoms with Crippen LogP contribution in [0.15, 0.2) is 0 Å². The van der Waals surface area contributed by atoms with Crippen molar-refractivity contribution in [2.24, 2.45) is 0 Å². The van der Waals surface area contributed by atoms with E-state index >= 15 is 0 Å². The number of hydrogen-bond acceptors (Lipinski definition) is 3. The summed E-state index contributed by atoms with van der Waals surface area (Å²) in [5.41, 5.74) is 0. The quantitative estimate of drug-likeness (QED) is 0.777. The molecule has 2 N–H and O–H groups in total. The molecule has 3 nitrogen and oxygen atoms in total. The van der Waals surface area contributed by atoms with Gasteiger partial charge in [0.05, 0.1) is 6.61 Å². The van der Waals surface area contributed by atoms with Gasteiger partial charge in [0.15, 0.2) is 0 Å². The molecule has 0 aromatic rings. The van der Waals surface area contributed by atoms with Crippen molar-refractivity contribution in [1.29, 1.82) is 0 Å². The summed E-state index contributed by atoms with van der Waals surface area (Å²) in [5, 5.41) is 13.0. The SMILES string of the molecule is CCNC1CCC(N(CCO)C2CCCCC2)CC1. The molecular weight excluding hydrogens is 236 g/mol. The van der Waals surface area contributed by atoms with Gasteiger partial charge in [-0.15, -0.1) is 0 Å². The van der Waals surface area contributed by atoms with Crippen LogP contribution in [0.25, 0.3) is 0 Å². The second-order valence-corrected chi connectivity index (χ2v) is 6.32. The van der Waals surface area contributed by atoms with Crippen molar-refractivity contribution >= 4 is 0 Å². The minimum atomic E-state index is 0.323. The summed E-state index contributed by atoms with van der Waals surface area (Å²) in [7, 11) is 0. The molecule has 0 aliphatic heterocycles. The fraction of sp³-hybridized carbons (Fsp3) is 1.00. The van der Waals surface area contributed by atoms with Gasteiger partial charge in [0.1, 0.15) is 0 Å². The highest BCUT2D eigenvalue weighted by atomic mass is 16.3. The third-order valence-corrected chi connectivity index (χ3v) is 5.06. The molecule has 3 heteroatoms. The minimum absolute atomic E-state index is 0.323. The third-order valence-electron chi connectivity index (χ3n) is 5.06. The lowest BCUT2D eigenvalue weighted by Crippen LogP contribution is -2.48. The molecule has 2 rings (SSSR count). The van der Waals surface area contributed by atoms with Crippen LogP contribution in [-0.4, -0.2) is 47.8 Å². The highest BCUT2D eigenvalue weighted by Crippen LogP contribution is 2.30. The summed E-state index contributed by atoms with van der Waals surface area (Å²) in [4.78, 5) is 2.65. The van der Waals surface area contributed by atoms with Crippen LogP contribution in [0.5, 0.6) is 0 Å². The Morgan fingerprint density at radius 2 is 1.58 bits per heavy atom. The maximum Gasteiger partial charge on any atom is 0.0558 e. The molecule has 2 saturated carbocycles. The molecule has 2 fully saturated rings. The Balaban J connectivity index is 1.85. The summed E-state index contributed by atoms with van der Waals surface area (Å²) < 4.78 is 0. The number of hydrogen-bond donors (Lipinski definition) is 2. The van der Waals surface area contributed by atoms with Crippen LogP contribution in [0.2, 0.25) is 0 Å². The Labute approximate surface area is 118 Å². The molecule has 2 aliphatic rings. The van der Waals surface area contributed by atoms with E-state index in [9.17, 15) is 5.11 Å². The molecule has 0 unspecified atom stereocenters. The average molecular weight is 268 g/mol. The predicted molar refractivity (Wildman–Crippen MR) is 80.4 cm³/mol. The van der Waals surface area contributed by atoms with E-state index in [-0.39, 0.29) is 0 Å². The van der Waals surface area contributed by atoms with Gasteiger partial charge in [-0.2, -0.15) is 0 Å². The molecule has 0 aromatic carbocycles. The van der Waals surface area contributed by atoms with Gasteiger partial charge in [-0.1, -0.05) is 26.2 Å². The zero-order chi connectivity index (χ0) is 13.5. The standard InChI is InChI=1S/C16H32N2O/c1-2-17-14-8-10-16(11-9-14)18(12-13-19)15-6-4-3-5-7-15/h14-17,19H,2-13H2,1H3. The average Bonchev–Trinajstić information content (AvgIpc) is 2.47. The normalized spacial score (nSPS) is 29.8. The lowest BCUT2D eigenvalue weighted by molar-refractivity contribution is 0.0574. The number of rotatable bonds is 6. The van der Waals surface area contributed by atoms with Gasteiger partial charge in [0.25, 0.3) is 0 Å². The zero-order valence-electron chi connectivity index (χ0n) is 12.6. The predicted octanol–water partition coefficient (Wildman–Crippen LogP) is 2.53. The Morgan fingerprint density at radius 1 is 0.947 bits per heavy atom. The van der Waals surface area contributed by atoms with Gasteiger partial charge in [0, 0.05) is 24.7 Å². The second-order valence-electron chi connectivity index (χ2n) is 6.32. The molecule has 0 bridgehead atoms. The van der Waals surface area contributed by atoms with Crippen molar-refractivity contribution in [3.8, 4) is 0 Å². The molecule has 0 saturated heterocycles. The summed E-state index contributed by atoms with van der Waals surface area (Å²) in [5.74, 6) is 0. The van der Waals surface area contributed by atoms with E-state index < -0.39 is 0 Å². The van der Waals surface area contributed by atoms with Crippen LogP contribution >= 0.6 is 0 Å². The Morgan fingerprint density at radius 3 is 2.16 bits per heavy atom. The van der Waals surface area contributed by atoms with E-state index in [1.807, 2.05) is 0 Å². The summed E-state index contributed by atoms with van der Waals surface area (Å²) in [6.07, 6.45) is 12.2. The molecule has 2 aliphatic carbocycles. The number of aliphatic hydroxyl groups is 1. The first-order valence-electron chi connectivity index (χ1n) is 8.45. The van der Waals surface area contributed by atoms with Gasteiger partial charge in [-0.25, -0.2) is 0 Å². The first-order chi connectivity index (χ1) is 9.35. The zero-order valence-corrected chi connectivity index (χ0v) is 12.6. The van der Waals surface area contributed by atoms with Crippen LogP contribution in [0, 0.1) is 0 Å². The van der Waals surface area contributed by atoms with E-state index in [1.165, 1.54) is 57.8 Å². The van der Waals surface area contributed by atoms with E-state index in [2.05, 4.69) is 17.1 Å². The van der Waals surface area contributed by atoms with Gasteiger partial charge in [0.2, 0.25) is 0 Å². The first-order valence-corrected chi connectivity index (χ1v) is 8.45. The van der Waals surface area contributed by atoms with E-state index in [0.717, 1.165) is 31.2 Å². The van der Waals surface area contributed by atoms with Gasteiger partial charge in [-0.3, -0.25) is 4.90 Å². The topological polar surface area (TPSA) is 35.5 Å². The molecular formula is C16H32N2O. The maximum atomic E-state index is 9.38.